The maximum absolute atomic E-state index is 12.3. The number of aliphatic hydroxyl groups is 2. The summed E-state index contributed by atoms with van der Waals surface area (Å²) in [5, 5.41) is 22.6. The molecule has 1 amide bonds. The number of ether oxygens (including phenoxy) is 1. The fourth-order valence-corrected chi connectivity index (χ4v) is 3.96. The second kappa shape index (κ2) is 7.16. The van der Waals surface area contributed by atoms with Crippen molar-refractivity contribution in [3.8, 4) is 0 Å². The molecule has 8 heteroatoms. The first kappa shape index (κ1) is 17.2. The Bertz CT molecular complexity index is 908. The standard InChI is InChI=1S/C18H18N2O5S/c21-9-15-13(22)7-14(25-15)18-20-12-6-10(3-4-16(12)26-18)17(23)19-8-11-2-1-5-24-11/h1-6,13-15,21-22H,7-9H2,(H,19,23)/t13-,14+,15+/m0/s1. The smallest absolute Gasteiger partial charge is 0.251 e. The molecule has 0 aliphatic carbocycles. The van der Waals surface area contributed by atoms with Crippen LogP contribution in [0.25, 0.3) is 10.2 Å². The summed E-state index contributed by atoms with van der Waals surface area (Å²) >= 11 is 1.47. The zero-order valence-corrected chi connectivity index (χ0v) is 14.6. The van der Waals surface area contributed by atoms with Crippen molar-refractivity contribution >= 4 is 27.5 Å². The molecule has 4 rings (SSSR count). The predicted octanol–water partition coefficient (Wildman–Crippen LogP) is 2.00. The number of hydrogen-bond donors (Lipinski definition) is 3. The Morgan fingerprint density at radius 1 is 1.38 bits per heavy atom. The van der Waals surface area contributed by atoms with E-state index < -0.39 is 12.2 Å². The van der Waals surface area contributed by atoms with Crippen molar-refractivity contribution in [1.82, 2.24) is 10.3 Å². The average molecular weight is 374 g/mol. The zero-order chi connectivity index (χ0) is 18.1. The van der Waals surface area contributed by atoms with E-state index in [1.165, 1.54) is 11.3 Å². The number of amides is 1. The summed E-state index contributed by atoms with van der Waals surface area (Å²) < 4.78 is 11.8. The van der Waals surface area contributed by atoms with Gasteiger partial charge < -0.3 is 24.7 Å². The highest BCUT2D eigenvalue weighted by Gasteiger charge is 2.35. The summed E-state index contributed by atoms with van der Waals surface area (Å²) in [7, 11) is 0. The van der Waals surface area contributed by atoms with Crippen molar-refractivity contribution in [3.63, 3.8) is 0 Å². The number of aliphatic hydroxyl groups excluding tert-OH is 2. The fraction of sp³-hybridized carbons (Fsp3) is 0.333. The number of carbonyl (C=O) groups excluding carboxylic acids is 1. The van der Waals surface area contributed by atoms with Gasteiger partial charge in [-0.15, -0.1) is 11.3 Å². The van der Waals surface area contributed by atoms with Crippen molar-refractivity contribution in [2.24, 2.45) is 0 Å². The van der Waals surface area contributed by atoms with Crippen LogP contribution in [0.15, 0.2) is 41.0 Å². The molecule has 3 aromatic rings. The average Bonchev–Trinajstić information content (AvgIpc) is 3.37. The van der Waals surface area contributed by atoms with Gasteiger partial charge in [0.25, 0.3) is 5.91 Å². The van der Waals surface area contributed by atoms with Gasteiger partial charge in [-0.25, -0.2) is 4.98 Å². The molecular weight excluding hydrogens is 356 g/mol. The van der Waals surface area contributed by atoms with Gasteiger partial charge in [-0.05, 0) is 30.3 Å². The number of carbonyl (C=O) groups is 1. The first-order valence-corrected chi connectivity index (χ1v) is 9.11. The van der Waals surface area contributed by atoms with Crippen molar-refractivity contribution < 1.29 is 24.2 Å². The third-order valence-corrected chi connectivity index (χ3v) is 5.48. The summed E-state index contributed by atoms with van der Waals surface area (Å²) in [4.78, 5) is 16.9. The van der Waals surface area contributed by atoms with Crippen LogP contribution >= 0.6 is 11.3 Å². The molecule has 1 saturated heterocycles. The molecule has 0 saturated carbocycles. The lowest BCUT2D eigenvalue weighted by atomic mass is 10.1. The number of nitrogens with one attached hydrogen (secondary N) is 1. The van der Waals surface area contributed by atoms with Crippen molar-refractivity contribution in [1.29, 1.82) is 0 Å². The van der Waals surface area contributed by atoms with Crippen molar-refractivity contribution in [2.45, 2.75) is 31.3 Å². The van der Waals surface area contributed by atoms with Gasteiger partial charge in [-0.3, -0.25) is 4.79 Å². The van der Waals surface area contributed by atoms with Crippen LogP contribution < -0.4 is 5.32 Å². The Morgan fingerprint density at radius 3 is 3.00 bits per heavy atom. The molecule has 0 spiro atoms. The summed E-state index contributed by atoms with van der Waals surface area (Å²) in [6.07, 6.45) is 0.362. The van der Waals surface area contributed by atoms with Crippen LogP contribution in [0, 0.1) is 0 Å². The van der Waals surface area contributed by atoms with Gasteiger partial charge in [0, 0.05) is 12.0 Å². The molecule has 2 aromatic heterocycles. The maximum atomic E-state index is 12.3. The highest BCUT2D eigenvalue weighted by atomic mass is 32.1. The zero-order valence-electron chi connectivity index (χ0n) is 13.8. The number of fused-ring (bicyclic) bond motifs is 1. The summed E-state index contributed by atoms with van der Waals surface area (Å²) in [5.74, 6) is 0.483. The molecule has 7 nitrogen and oxygen atoms in total. The quantitative estimate of drug-likeness (QED) is 0.631. The van der Waals surface area contributed by atoms with E-state index in [0.717, 1.165) is 9.71 Å². The highest BCUT2D eigenvalue weighted by Crippen LogP contribution is 2.37. The minimum Gasteiger partial charge on any atom is -0.467 e. The second-order valence-corrected chi connectivity index (χ2v) is 7.21. The van der Waals surface area contributed by atoms with E-state index in [2.05, 4.69) is 10.3 Å². The third-order valence-electron chi connectivity index (χ3n) is 4.35. The molecule has 1 aliphatic rings. The number of furan rings is 1. The first-order chi connectivity index (χ1) is 12.6. The van der Waals surface area contributed by atoms with Crippen LogP contribution in [-0.4, -0.2) is 39.9 Å². The lowest BCUT2D eigenvalue weighted by Crippen LogP contribution is -2.24. The number of nitrogens with zero attached hydrogens (tertiary/aromatic N) is 1. The largest absolute Gasteiger partial charge is 0.467 e. The molecule has 0 unspecified atom stereocenters. The summed E-state index contributed by atoms with van der Waals surface area (Å²) in [5.41, 5.74) is 1.22. The Kier molecular flexibility index (Phi) is 4.73. The van der Waals surface area contributed by atoms with Crippen molar-refractivity contribution in [2.75, 3.05) is 6.61 Å². The number of rotatable bonds is 5. The molecule has 1 aromatic carbocycles. The number of hydrogen-bond acceptors (Lipinski definition) is 7. The molecule has 0 bridgehead atoms. The van der Waals surface area contributed by atoms with Gasteiger partial charge in [-0.1, -0.05) is 0 Å². The third kappa shape index (κ3) is 3.36. The van der Waals surface area contributed by atoms with E-state index >= 15 is 0 Å². The number of thiazole rings is 1. The topological polar surface area (TPSA) is 105 Å². The summed E-state index contributed by atoms with van der Waals surface area (Å²) in [6.45, 7) is 0.102. The lowest BCUT2D eigenvalue weighted by molar-refractivity contribution is -0.0225. The van der Waals surface area contributed by atoms with Crippen LogP contribution in [-0.2, 0) is 11.3 Å². The van der Waals surface area contributed by atoms with E-state index in [4.69, 9.17) is 9.15 Å². The number of aromatic nitrogens is 1. The molecule has 0 radical (unpaired) electrons. The Balaban J connectivity index is 1.50. The molecule has 3 atom stereocenters. The lowest BCUT2D eigenvalue weighted by Gasteiger charge is -2.09. The second-order valence-electron chi connectivity index (χ2n) is 6.15. The van der Waals surface area contributed by atoms with E-state index in [0.29, 0.717) is 29.8 Å². The molecule has 1 aliphatic heterocycles. The fourth-order valence-electron chi connectivity index (χ4n) is 2.96. The van der Waals surface area contributed by atoms with E-state index in [-0.39, 0.29) is 18.6 Å². The van der Waals surface area contributed by atoms with E-state index in [1.54, 1.807) is 30.5 Å². The van der Waals surface area contributed by atoms with Gasteiger partial charge >= 0.3 is 0 Å². The van der Waals surface area contributed by atoms with Crippen LogP contribution in [0.1, 0.15) is 33.7 Å². The monoisotopic (exact) mass is 374 g/mol. The van der Waals surface area contributed by atoms with E-state index in [9.17, 15) is 15.0 Å². The molecule has 1 fully saturated rings. The minimum atomic E-state index is -0.694. The maximum Gasteiger partial charge on any atom is 0.251 e. The van der Waals surface area contributed by atoms with Crippen LogP contribution in [0.5, 0.6) is 0 Å². The van der Waals surface area contributed by atoms with Gasteiger partial charge in [0.2, 0.25) is 0 Å². The van der Waals surface area contributed by atoms with Crippen LogP contribution in [0.4, 0.5) is 0 Å². The summed E-state index contributed by atoms with van der Waals surface area (Å²) in [6, 6.07) is 8.91. The Morgan fingerprint density at radius 2 is 2.27 bits per heavy atom. The SMILES string of the molecule is O=C(NCc1ccco1)c1ccc2sc([C@H]3C[C@H](O)[C@@H](CO)O3)nc2c1. The minimum absolute atomic E-state index is 0.203. The van der Waals surface area contributed by atoms with Gasteiger partial charge in [-0.2, -0.15) is 0 Å². The van der Waals surface area contributed by atoms with E-state index in [1.807, 2.05) is 6.07 Å². The normalized spacial score (nSPS) is 22.8. The Labute approximate surface area is 153 Å². The van der Waals surface area contributed by atoms with Gasteiger partial charge in [0.1, 0.15) is 23.0 Å². The Hall–Kier alpha value is -2.26. The van der Waals surface area contributed by atoms with Gasteiger partial charge in [0.05, 0.1) is 35.7 Å². The molecule has 3 heterocycles. The first-order valence-electron chi connectivity index (χ1n) is 8.29. The van der Waals surface area contributed by atoms with Crippen molar-refractivity contribution in [3.05, 3.63) is 52.9 Å². The molecule has 26 heavy (non-hydrogen) atoms. The van der Waals surface area contributed by atoms with Gasteiger partial charge in [0.15, 0.2) is 0 Å². The number of benzene rings is 1. The highest BCUT2D eigenvalue weighted by molar-refractivity contribution is 7.18. The molecular formula is C18H18N2O5S. The predicted molar refractivity (Wildman–Crippen MR) is 94.8 cm³/mol. The van der Waals surface area contributed by atoms with Crippen LogP contribution in [0.2, 0.25) is 0 Å². The molecule has 3 N–H and O–H groups in total. The van der Waals surface area contributed by atoms with Crippen LogP contribution in [0.3, 0.4) is 0 Å². The molecule has 136 valence electrons.